The fraction of sp³-hybridized carbons (Fsp3) is 0.545. The zero-order valence-corrected chi connectivity index (χ0v) is 10.6. The summed E-state index contributed by atoms with van der Waals surface area (Å²) < 4.78 is 1.89. The summed E-state index contributed by atoms with van der Waals surface area (Å²) >= 11 is 0. The molecule has 2 N–H and O–H groups in total. The Balaban J connectivity index is 1.80. The number of nitrogens with one attached hydrogen (secondary N) is 2. The highest BCUT2D eigenvalue weighted by atomic mass is 15.4. The maximum atomic E-state index is 4.51. The van der Waals surface area contributed by atoms with Crippen LogP contribution in [0.25, 0.3) is 11.5 Å². The number of hydrogen-bond donors (Lipinski definition) is 2. The van der Waals surface area contributed by atoms with Crippen LogP contribution in [0, 0.1) is 0 Å². The van der Waals surface area contributed by atoms with Crippen LogP contribution in [0.15, 0.2) is 12.5 Å². The second-order valence-electron chi connectivity index (χ2n) is 4.71. The number of H-pyrrole nitrogens is 1. The topological polar surface area (TPSA) is 74.7 Å². The molecule has 1 aliphatic heterocycles. The third-order valence-corrected chi connectivity index (χ3v) is 3.07. The molecule has 1 atom stereocenters. The fourth-order valence-corrected chi connectivity index (χ4v) is 2.16. The molecule has 2 aromatic rings. The fourth-order valence-electron chi connectivity index (χ4n) is 2.16. The van der Waals surface area contributed by atoms with Crippen molar-refractivity contribution in [1.29, 1.82) is 0 Å². The number of piperazine rings is 1. The van der Waals surface area contributed by atoms with Gasteiger partial charge in [0, 0.05) is 38.9 Å². The van der Waals surface area contributed by atoms with Gasteiger partial charge in [0.05, 0.1) is 6.33 Å². The van der Waals surface area contributed by atoms with Gasteiger partial charge in [0.1, 0.15) is 5.69 Å². The van der Waals surface area contributed by atoms with Gasteiger partial charge in [-0.1, -0.05) is 0 Å². The van der Waals surface area contributed by atoms with Gasteiger partial charge < -0.3 is 14.8 Å². The minimum Gasteiger partial charge on any atom is -0.340 e. The van der Waals surface area contributed by atoms with E-state index in [2.05, 4.69) is 37.3 Å². The van der Waals surface area contributed by atoms with E-state index in [0.717, 1.165) is 37.1 Å². The van der Waals surface area contributed by atoms with Gasteiger partial charge in [-0.15, -0.1) is 5.10 Å². The minimum absolute atomic E-state index is 0.468. The van der Waals surface area contributed by atoms with E-state index in [0.29, 0.717) is 6.04 Å². The van der Waals surface area contributed by atoms with Crippen molar-refractivity contribution in [3.05, 3.63) is 12.5 Å². The predicted molar refractivity (Wildman–Crippen MR) is 68.3 cm³/mol. The third kappa shape index (κ3) is 2.08. The van der Waals surface area contributed by atoms with Crippen LogP contribution < -0.4 is 10.2 Å². The van der Waals surface area contributed by atoms with Crippen molar-refractivity contribution in [3.8, 4) is 11.5 Å². The molecule has 0 aromatic carbocycles. The quantitative estimate of drug-likeness (QED) is 0.781. The van der Waals surface area contributed by atoms with E-state index in [1.54, 1.807) is 6.33 Å². The molecule has 1 aliphatic rings. The molecular formula is C11H17N7. The Kier molecular flexibility index (Phi) is 2.75. The molecule has 7 nitrogen and oxygen atoms in total. The van der Waals surface area contributed by atoms with Crippen molar-refractivity contribution in [2.45, 2.75) is 13.0 Å². The van der Waals surface area contributed by atoms with Gasteiger partial charge in [0.2, 0.25) is 5.95 Å². The van der Waals surface area contributed by atoms with Gasteiger partial charge in [0.15, 0.2) is 5.82 Å². The molecule has 2 aromatic heterocycles. The van der Waals surface area contributed by atoms with Crippen molar-refractivity contribution in [1.82, 2.24) is 30.0 Å². The van der Waals surface area contributed by atoms with Crippen LogP contribution in [0.2, 0.25) is 0 Å². The number of imidazole rings is 1. The smallest absolute Gasteiger partial charge is 0.245 e. The van der Waals surface area contributed by atoms with Crippen LogP contribution >= 0.6 is 0 Å². The molecule has 0 spiro atoms. The van der Waals surface area contributed by atoms with Crippen LogP contribution in [0.3, 0.4) is 0 Å². The first-order chi connectivity index (χ1) is 8.72. The number of anilines is 1. The summed E-state index contributed by atoms with van der Waals surface area (Å²) in [6, 6.07) is 0.468. The number of aromatic nitrogens is 5. The van der Waals surface area contributed by atoms with Gasteiger partial charge in [-0.25, -0.2) is 4.98 Å². The summed E-state index contributed by atoms with van der Waals surface area (Å²) in [6.07, 6.45) is 3.68. The summed E-state index contributed by atoms with van der Waals surface area (Å²) in [7, 11) is 1.94. The summed E-state index contributed by atoms with van der Waals surface area (Å²) in [5.41, 5.74) is 0.819. The van der Waals surface area contributed by atoms with Gasteiger partial charge >= 0.3 is 0 Å². The van der Waals surface area contributed by atoms with E-state index in [1.165, 1.54) is 0 Å². The lowest BCUT2D eigenvalue weighted by Gasteiger charge is -2.30. The van der Waals surface area contributed by atoms with Gasteiger partial charge in [-0.2, -0.15) is 4.98 Å². The molecule has 96 valence electrons. The van der Waals surface area contributed by atoms with E-state index < -0.39 is 0 Å². The lowest BCUT2D eigenvalue weighted by molar-refractivity contribution is 0.480. The van der Waals surface area contributed by atoms with E-state index in [-0.39, 0.29) is 0 Å². The van der Waals surface area contributed by atoms with E-state index in [4.69, 9.17) is 0 Å². The standard InChI is InChI=1S/C11H17N7/c1-8-5-18(4-3-12-8)11-14-10(15-16-11)9-6-17(2)7-13-9/h6-8,12H,3-5H2,1-2H3,(H,14,15,16)/t8-/m0/s1. The highest BCUT2D eigenvalue weighted by Gasteiger charge is 2.19. The highest BCUT2D eigenvalue weighted by Crippen LogP contribution is 2.16. The van der Waals surface area contributed by atoms with Crippen molar-refractivity contribution in [2.24, 2.45) is 7.05 Å². The molecule has 0 bridgehead atoms. The molecular weight excluding hydrogens is 230 g/mol. The maximum absolute atomic E-state index is 4.51. The molecule has 7 heteroatoms. The first-order valence-corrected chi connectivity index (χ1v) is 6.11. The largest absolute Gasteiger partial charge is 0.340 e. The zero-order chi connectivity index (χ0) is 12.5. The average Bonchev–Trinajstić information content (AvgIpc) is 2.97. The molecule has 0 amide bonds. The minimum atomic E-state index is 0.468. The van der Waals surface area contributed by atoms with Crippen LogP contribution in [0.1, 0.15) is 6.92 Å². The number of hydrogen-bond acceptors (Lipinski definition) is 5. The SMILES string of the molecule is C[C@H]1CN(c2n[nH]c(-c3cn(C)cn3)n2)CCN1. The molecule has 1 saturated heterocycles. The second-order valence-corrected chi connectivity index (χ2v) is 4.71. The second kappa shape index (κ2) is 4.41. The Hall–Kier alpha value is -1.89. The average molecular weight is 247 g/mol. The van der Waals surface area contributed by atoms with Crippen LogP contribution in [0.4, 0.5) is 5.95 Å². The van der Waals surface area contributed by atoms with E-state index >= 15 is 0 Å². The van der Waals surface area contributed by atoms with Crippen LogP contribution in [-0.4, -0.2) is 50.4 Å². The maximum Gasteiger partial charge on any atom is 0.245 e. The predicted octanol–water partition coefficient (Wildman–Crippen LogP) is 0.00330. The number of rotatable bonds is 2. The van der Waals surface area contributed by atoms with Crippen LogP contribution in [0.5, 0.6) is 0 Å². The van der Waals surface area contributed by atoms with E-state index in [9.17, 15) is 0 Å². The molecule has 18 heavy (non-hydrogen) atoms. The van der Waals surface area contributed by atoms with Crippen LogP contribution in [-0.2, 0) is 7.05 Å². The Morgan fingerprint density at radius 1 is 1.44 bits per heavy atom. The van der Waals surface area contributed by atoms with Crippen molar-refractivity contribution in [3.63, 3.8) is 0 Å². The Labute approximate surface area is 105 Å². The lowest BCUT2D eigenvalue weighted by atomic mass is 10.2. The van der Waals surface area contributed by atoms with Crippen molar-refractivity contribution in [2.75, 3.05) is 24.5 Å². The summed E-state index contributed by atoms with van der Waals surface area (Å²) in [6.45, 7) is 5.00. The van der Waals surface area contributed by atoms with Crippen molar-refractivity contribution < 1.29 is 0 Å². The highest BCUT2D eigenvalue weighted by molar-refractivity contribution is 5.50. The van der Waals surface area contributed by atoms with Gasteiger partial charge in [-0.3, -0.25) is 5.10 Å². The van der Waals surface area contributed by atoms with Crippen molar-refractivity contribution >= 4 is 5.95 Å². The molecule has 0 unspecified atom stereocenters. The number of nitrogens with zero attached hydrogens (tertiary/aromatic N) is 5. The first-order valence-electron chi connectivity index (χ1n) is 6.11. The monoisotopic (exact) mass is 247 g/mol. The lowest BCUT2D eigenvalue weighted by Crippen LogP contribution is -2.49. The molecule has 3 rings (SSSR count). The normalized spacial score (nSPS) is 20.3. The molecule has 3 heterocycles. The first kappa shape index (κ1) is 11.2. The summed E-state index contributed by atoms with van der Waals surface area (Å²) in [5, 5.41) is 10.6. The van der Waals surface area contributed by atoms with Gasteiger partial charge in [-0.05, 0) is 6.92 Å². The molecule has 1 fully saturated rings. The van der Waals surface area contributed by atoms with E-state index in [1.807, 2.05) is 17.8 Å². The molecule has 0 saturated carbocycles. The summed E-state index contributed by atoms with van der Waals surface area (Å²) in [4.78, 5) is 11.0. The van der Waals surface area contributed by atoms with Gasteiger partial charge in [0.25, 0.3) is 0 Å². The Morgan fingerprint density at radius 3 is 3.06 bits per heavy atom. The zero-order valence-electron chi connectivity index (χ0n) is 10.6. The Morgan fingerprint density at radius 2 is 2.33 bits per heavy atom. The third-order valence-electron chi connectivity index (χ3n) is 3.07. The molecule has 0 radical (unpaired) electrons. The Bertz CT molecular complexity index is 529. The number of aromatic amines is 1. The molecule has 0 aliphatic carbocycles. The summed E-state index contributed by atoms with van der Waals surface area (Å²) in [5.74, 6) is 1.47. The number of aryl methyl sites for hydroxylation is 1.